The van der Waals surface area contributed by atoms with Crippen LogP contribution < -0.4 is 5.73 Å². The number of rotatable bonds is 0. The zero-order valence-electron chi connectivity index (χ0n) is 7.21. The van der Waals surface area contributed by atoms with Crippen LogP contribution in [0.4, 0.5) is 0 Å². The van der Waals surface area contributed by atoms with Crippen LogP contribution in [-0.2, 0) is 0 Å². The standard InChI is InChI=1S/C10H13NS/c1-8-3-2-4-10(12)6-5-9(8)7-11/h2-4,7H,5-6,11H2,1H3/b4-2-,8-3-,9-7+. The Morgan fingerprint density at radius 3 is 2.92 bits per heavy atom. The zero-order valence-corrected chi connectivity index (χ0v) is 8.03. The van der Waals surface area contributed by atoms with Crippen molar-refractivity contribution in [1.29, 1.82) is 0 Å². The third-order valence-electron chi connectivity index (χ3n) is 1.98. The molecule has 0 heterocycles. The van der Waals surface area contributed by atoms with Crippen LogP contribution >= 0.6 is 12.2 Å². The molecule has 0 spiro atoms. The average molecular weight is 179 g/mol. The van der Waals surface area contributed by atoms with E-state index in [4.69, 9.17) is 18.0 Å². The SMILES string of the molecule is C/C1=C/C=C\C(=S)CC\C1=C/N. The Kier molecular flexibility index (Phi) is 3.23. The Labute approximate surface area is 78.6 Å². The molecule has 0 aromatic carbocycles. The molecule has 1 rings (SSSR count). The molecule has 0 saturated carbocycles. The van der Waals surface area contributed by atoms with Gasteiger partial charge in [-0.2, -0.15) is 0 Å². The highest BCUT2D eigenvalue weighted by Crippen LogP contribution is 2.17. The van der Waals surface area contributed by atoms with Crippen LogP contribution in [0, 0.1) is 0 Å². The van der Waals surface area contributed by atoms with Crippen LogP contribution in [-0.4, -0.2) is 4.86 Å². The second-order valence-corrected chi connectivity index (χ2v) is 3.39. The second-order valence-electron chi connectivity index (χ2n) is 2.87. The first-order valence-electron chi connectivity index (χ1n) is 4.03. The van der Waals surface area contributed by atoms with Crippen molar-refractivity contribution in [2.75, 3.05) is 0 Å². The first kappa shape index (κ1) is 9.20. The van der Waals surface area contributed by atoms with Crippen molar-refractivity contribution >= 4 is 17.1 Å². The summed E-state index contributed by atoms with van der Waals surface area (Å²) in [6.45, 7) is 2.07. The minimum atomic E-state index is 0.931. The Morgan fingerprint density at radius 1 is 1.50 bits per heavy atom. The van der Waals surface area contributed by atoms with Crippen molar-refractivity contribution in [2.45, 2.75) is 19.8 Å². The molecule has 0 aromatic heterocycles. The lowest BCUT2D eigenvalue weighted by Crippen LogP contribution is -1.98. The monoisotopic (exact) mass is 179 g/mol. The minimum absolute atomic E-state index is 0.931. The summed E-state index contributed by atoms with van der Waals surface area (Å²) in [6, 6.07) is 0. The van der Waals surface area contributed by atoms with Gasteiger partial charge in [0, 0.05) is 4.86 Å². The molecule has 2 heteroatoms. The molecule has 64 valence electrons. The molecule has 0 bridgehead atoms. The second kappa shape index (κ2) is 4.21. The van der Waals surface area contributed by atoms with Crippen LogP contribution in [0.5, 0.6) is 0 Å². The molecule has 0 aliphatic heterocycles. The molecule has 2 N–H and O–H groups in total. The average Bonchev–Trinajstić information content (AvgIpc) is 2.03. The Hall–Kier alpha value is -0.890. The van der Waals surface area contributed by atoms with Gasteiger partial charge in [-0.1, -0.05) is 24.4 Å². The molecule has 0 saturated heterocycles. The van der Waals surface area contributed by atoms with Gasteiger partial charge in [-0.15, -0.1) is 0 Å². The molecule has 0 fully saturated rings. The third kappa shape index (κ3) is 2.31. The van der Waals surface area contributed by atoms with E-state index in [1.165, 1.54) is 11.1 Å². The largest absolute Gasteiger partial charge is 0.404 e. The van der Waals surface area contributed by atoms with Crippen LogP contribution in [0.15, 0.2) is 35.6 Å². The van der Waals surface area contributed by atoms with E-state index in [9.17, 15) is 0 Å². The first-order chi connectivity index (χ1) is 5.74. The van der Waals surface area contributed by atoms with Crippen LogP contribution in [0.1, 0.15) is 19.8 Å². The fourth-order valence-corrected chi connectivity index (χ4v) is 1.34. The van der Waals surface area contributed by atoms with E-state index >= 15 is 0 Å². The predicted octanol–water partition coefficient (Wildman–Crippen LogP) is 2.50. The highest BCUT2D eigenvalue weighted by molar-refractivity contribution is 7.80. The highest BCUT2D eigenvalue weighted by atomic mass is 32.1. The van der Waals surface area contributed by atoms with E-state index < -0.39 is 0 Å². The van der Waals surface area contributed by atoms with Gasteiger partial charge >= 0.3 is 0 Å². The molecule has 0 atom stereocenters. The van der Waals surface area contributed by atoms with Gasteiger partial charge in [0.25, 0.3) is 0 Å². The summed E-state index contributed by atoms with van der Waals surface area (Å²) in [5, 5.41) is 0. The van der Waals surface area contributed by atoms with E-state index in [0.717, 1.165) is 17.7 Å². The van der Waals surface area contributed by atoms with Gasteiger partial charge in [-0.05, 0) is 43.2 Å². The lowest BCUT2D eigenvalue weighted by molar-refractivity contribution is 1.02. The fourth-order valence-electron chi connectivity index (χ4n) is 1.16. The summed E-state index contributed by atoms with van der Waals surface area (Å²) in [7, 11) is 0. The van der Waals surface area contributed by atoms with Crippen LogP contribution in [0.2, 0.25) is 0 Å². The molecular formula is C10H13NS. The van der Waals surface area contributed by atoms with Crippen LogP contribution in [0.25, 0.3) is 0 Å². The van der Waals surface area contributed by atoms with Gasteiger partial charge in [0.05, 0.1) is 0 Å². The summed E-state index contributed by atoms with van der Waals surface area (Å²) in [6.07, 6.45) is 9.58. The summed E-state index contributed by atoms with van der Waals surface area (Å²) in [4.78, 5) is 0.998. The summed E-state index contributed by atoms with van der Waals surface area (Å²) >= 11 is 5.11. The fraction of sp³-hybridized carbons (Fsp3) is 0.300. The first-order valence-corrected chi connectivity index (χ1v) is 4.44. The van der Waals surface area contributed by atoms with Gasteiger partial charge in [0.1, 0.15) is 0 Å². The lowest BCUT2D eigenvalue weighted by Gasteiger charge is -2.08. The van der Waals surface area contributed by atoms with Gasteiger partial charge in [0.15, 0.2) is 0 Å². The Morgan fingerprint density at radius 2 is 2.25 bits per heavy atom. The van der Waals surface area contributed by atoms with Crippen molar-refractivity contribution < 1.29 is 0 Å². The molecule has 12 heavy (non-hydrogen) atoms. The topological polar surface area (TPSA) is 26.0 Å². The van der Waals surface area contributed by atoms with Crippen molar-refractivity contribution in [2.24, 2.45) is 5.73 Å². The quantitative estimate of drug-likeness (QED) is 0.578. The van der Waals surface area contributed by atoms with Crippen molar-refractivity contribution in [3.63, 3.8) is 0 Å². The number of thiocarbonyl (C=S) groups is 1. The zero-order chi connectivity index (χ0) is 8.97. The lowest BCUT2D eigenvalue weighted by atomic mass is 10.00. The molecule has 1 aliphatic carbocycles. The molecule has 1 aliphatic rings. The van der Waals surface area contributed by atoms with Gasteiger partial charge < -0.3 is 5.73 Å². The molecule has 0 radical (unpaired) electrons. The smallest absolute Gasteiger partial charge is 0.0155 e. The Balaban J connectivity index is 2.90. The summed E-state index contributed by atoms with van der Waals surface area (Å²) in [5.41, 5.74) is 7.92. The van der Waals surface area contributed by atoms with E-state index in [1.54, 1.807) is 6.20 Å². The van der Waals surface area contributed by atoms with Crippen molar-refractivity contribution in [3.05, 3.63) is 35.6 Å². The predicted molar refractivity (Wildman–Crippen MR) is 57.0 cm³/mol. The van der Waals surface area contributed by atoms with E-state index in [2.05, 4.69) is 6.92 Å². The summed E-state index contributed by atoms with van der Waals surface area (Å²) in [5.74, 6) is 0. The normalized spacial score (nSPS) is 28.9. The maximum Gasteiger partial charge on any atom is 0.0155 e. The maximum atomic E-state index is 5.49. The maximum absolute atomic E-state index is 5.49. The van der Waals surface area contributed by atoms with Crippen LogP contribution in [0.3, 0.4) is 0 Å². The third-order valence-corrected chi connectivity index (χ3v) is 2.32. The molecule has 1 nitrogen and oxygen atoms in total. The van der Waals surface area contributed by atoms with E-state index in [0.29, 0.717) is 0 Å². The number of allylic oxidation sites excluding steroid dienone is 5. The minimum Gasteiger partial charge on any atom is -0.404 e. The molecule has 0 aromatic rings. The van der Waals surface area contributed by atoms with Gasteiger partial charge in [-0.3, -0.25) is 0 Å². The molecular weight excluding hydrogens is 166 g/mol. The molecule has 0 unspecified atom stereocenters. The van der Waals surface area contributed by atoms with E-state index in [1.807, 2.05) is 18.2 Å². The highest BCUT2D eigenvalue weighted by Gasteiger charge is 2.02. The van der Waals surface area contributed by atoms with E-state index in [-0.39, 0.29) is 0 Å². The molecule has 0 amide bonds. The van der Waals surface area contributed by atoms with Crippen molar-refractivity contribution in [1.82, 2.24) is 0 Å². The number of hydrogen-bond acceptors (Lipinski definition) is 2. The van der Waals surface area contributed by atoms with Gasteiger partial charge in [0.2, 0.25) is 0 Å². The van der Waals surface area contributed by atoms with Gasteiger partial charge in [-0.25, -0.2) is 0 Å². The Bertz CT molecular complexity index is 272. The number of hydrogen-bond donors (Lipinski definition) is 1. The summed E-state index contributed by atoms with van der Waals surface area (Å²) < 4.78 is 0. The van der Waals surface area contributed by atoms with Crippen molar-refractivity contribution in [3.8, 4) is 0 Å². The number of nitrogens with two attached hydrogens (primary N) is 1.